The highest BCUT2D eigenvalue weighted by Crippen LogP contribution is 2.42. The predicted molar refractivity (Wildman–Crippen MR) is 207 cm³/mol. The van der Waals surface area contributed by atoms with E-state index >= 15 is 0 Å². The minimum atomic E-state index is 0.545. The van der Waals surface area contributed by atoms with Crippen molar-refractivity contribution in [2.75, 3.05) is 0 Å². The first kappa shape index (κ1) is 28.2. The zero-order valence-corrected chi connectivity index (χ0v) is 27.7. The lowest BCUT2D eigenvalue weighted by Crippen LogP contribution is -2.00. The van der Waals surface area contributed by atoms with Gasteiger partial charge in [0.25, 0.3) is 0 Å². The van der Waals surface area contributed by atoms with E-state index in [-0.39, 0.29) is 0 Å². The molecule has 7 aromatic carbocycles. The van der Waals surface area contributed by atoms with E-state index in [1.54, 1.807) is 11.3 Å². The van der Waals surface area contributed by atoms with Crippen LogP contribution < -0.4 is 0 Å². The lowest BCUT2D eigenvalue weighted by molar-refractivity contribution is 0.623. The van der Waals surface area contributed by atoms with Gasteiger partial charge < -0.3 is 8.83 Å². The van der Waals surface area contributed by atoms with Crippen molar-refractivity contribution in [1.82, 2.24) is 19.9 Å². The van der Waals surface area contributed by atoms with Crippen LogP contribution in [0.2, 0.25) is 0 Å². The fourth-order valence-corrected chi connectivity index (χ4v) is 8.25. The van der Waals surface area contributed by atoms with Gasteiger partial charge in [-0.1, -0.05) is 97.1 Å². The average Bonchev–Trinajstić information content (AvgIpc) is 3.91. The Hall–Kier alpha value is -6.70. The summed E-state index contributed by atoms with van der Waals surface area (Å²) >= 11 is 1.80. The van der Waals surface area contributed by atoms with E-state index in [1.165, 1.54) is 20.2 Å². The molecular weight excluding hydrogens is 649 g/mol. The minimum absolute atomic E-state index is 0.545. The SMILES string of the molecule is c1ccc(-c2nc(-c3cccc(-c4nc5ccc6ccc7sc8ccccc8c7c6c5o4)c3)nc(-c3ccc4c(c3)oc3ccccc34)n2)cc1. The van der Waals surface area contributed by atoms with E-state index in [9.17, 15) is 0 Å². The Balaban J connectivity index is 1.06. The molecule has 0 N–H and O–H groups in total. The van der Waals surface area contributed by atoms with Crippen molar-refractivity contribution in [3.63, 3.8) is 0 Å². The average molecular weight is 673 g/mol. The molecule has 0 aliphatic rings. The van der Waals surface area contributed by atoms with Gasteiger partial charge in [0.15, 0.2) is 23.1 Å². The van der Waals surface area contributed by atoms with Crippen molar-refractivity contribution in [2.24, 2.45) is 0 Å². The molecule has 11 aromatic rings. The van der Waals surface area contributed by atoms with Crippen molar-refractivity contribution >= 4 is 75.3 Å². The Morgan fingerprint density at radius 2 is 1.10 bits per heavy atom. The third-order valence-corrected chi connectivity index (χ3v) is 10.7. The summed E-state index contributed by atoms with van der Waals surface area (Å²) in [5.41, 5.74) is 6.66. The maximum absolute atomic E-state index is 6.67. The van der Waals surface area contributed by atoms with Gasteiger partial charge >= 0.3 is 0 Å². The predicted octanol–water partition coefficient (Wildman–Crippen LogP) is 12.1. The highest BCUT2D eigenvalue weighted by atomic mass is 32.1. The van der Waals surface area contributed by atoms with Crippen molar-refractivity contribution in [3.8, 4) is 45.6 Å². The second kappa shape index (κ2) is 10.9. The van der Waals surface area contributed by atoms with Gasteiger partial charge in [-0.05, 0) is 53.9 Å². The van der Waals surface area contributed by atoms with Crippen LogP contribution in [0, 0.1) is 0 Å². The molecule has 238 valence electrons. The lowest BCUT2D eigenvalue weighted by atomic mass is 10.0. The molecule has 6 nitrogen and oxygen atoms in total. The van der Waals surface area contributed by atoms with Gasteiger partial charge in [-0.3, -0.25) is 0 Å². The molecule has 0 atom stereocenters. The second-order valence-electron chi connectivity index (χ2n) is 12.6. The normalized spacial score (nSPS) is 11.9. The number of thiophene rings is 1. The molecule has 11 rings (SSSR count). The summed E-state index contributed by atoms with van der Waals surface area (Å²) in [6.45, 7) is 0. The number of benzene rings is 7. The molecule has 0 bridgehead atoms. The first-order valence-corrected chi connectivity index (χ1v) is 17.5. The molecule has 0 saturated heterocycles. The molecule has 0 fully saturated rings. The summed E-state index contributed by atoms with van der Waals surface area (Å²) in [5, 5.41) is 6.79. The Labute approximate surface area is 294 Å². The van der Waals surface area contributed by atoms with Gasteiger partial charge in [0.05, 0.1) is 0 Å². The van der Waals surface area contributed by atoms with Crippen molar-refractivity contribution in [1.29, 1.82) is 0 Å². The van der Waals surface area contributed by atoms with Crippen LogP contribution in [0.25, 0.3) is 110 Å². The lowest BCUT2D eigenvalue weighted by Gasteiger charge is -2.09. The third-order valence-electron chi connectivity index (χ3n) is 9.55. The number of rotatable bonds is 4. The molecule has 7 heteroatoms. The number of fused-ring (bicyclic) bond motifs is 10. The maximum atomic E-state index is 6.67. The van der Waals surface area contributed by atoms with Crippen LogP contribution >= 0.6 is 11.3 Å². The Morgan fingerprint density at radius 3 is 1.98 bits per heavy atom. The zero-order valence-electron chi connectivity index (χ0n) is 26.9. The van der Waals surface area contributed by atoms with Crippen molar-refractivity contribution in [3.05, 3.63) is 146 Å². The summed E-state index contributed by atoms with van der Waals surface area (Å²) in [4.78, 5) is 19.9. The monoisotopic (exact) mass is 672 g/mol. The second-order valence-corrected chi connectivity index (χ2v) is 13.7. The number of nitrogens with zero attached hydrogens (tertiary/aromatic N) is 4. The Morgan fingerprint density at radius 1 is 0.412 bits per heavy atom. The third kappa shape index (κ3) is 4.49. The van der Waals surface area contributed by atoms with Gasteiger partial charge in [-0.25, -0.2) is 19.9 Å². The number of para-hydroxylation sites is 1. The van der Waals surface area contributed by atoms with Crippen LogP contribution in [0.4, 0.5) is 0 Å². The van der Waals surface area contributed by atoms with Gasteiger partial charge in [-0.2, -0.15) is 0 Å². The van der Waals surface area contributed by atoms with E-state index in [0.717, 1.165) is 66.1 Å². The van der Waals surface area contributed by atoms with E-state index < -0.39 is 0 Å². The van der Waals surface area contributed by atoms with Crippen molar-refractivity contribution < 1.29 is 8.83 Å². The number of furan rings is 1. The summed E-state index contributed by atoms with van der Waals surface area (Å²) in [6.07, 6.45) is 0. The van der Waals surface area contributed by atoms with Gasteiger partial charge in [-0.15, -0.1) is 11.3 Å². The summed E-state index contributed by atoms with van der Waals surface area (Å²) < 4.78 is 15.4. The maximum Gasteiger partial charge on any atom is 0.227 e. The molecular formula is C44H24N4O2S. The molecule has 0 radical (unpaired) electrons. The quantitative estimate of drug-likeness (QED) is 0.185. The Kier molecular flexibility index (Phi) is 6.02. The molecule has 51 heavy (non-hydrogen) atoms. The van der Waals surface area contributed by atoms with Crippen LogP contribution in [0.15, 0.2) is 154 Å². The van der Waals surface area contributed by atoms with E-state index in [0.29, 0.717) is 23.4 Å². The van der Waals surface area contributed by atoms with E-state index in [1.807, 2.05) is 91.0 Å². The zero-order chi connectivity index (χ0) is 33.5. The van der Waals surface area contributed by atoms with Crippen LogP contribution in [0.1, 0.15) is 0 Å². The van der Waals surface area contributed by atoms with Crippen LogP contribution in [-0.4, -0.2) is 19.9 Å². The molecule has 4 aromatic heterocycles. The molecule has 0 saturated carbocycles. The van der Waals surface area contributed by atoms with Gasteiger partial charge in [0.2, 0.25) is 5.89 Å². The summed E-state index contributed by atoms with van der Waals surface area (Å²) in [6, 6.07) is 49.4. The van der Waals surface area contributed by atoms with Crippen LogP contribution in [-0.2, 0) is 0 Å². The van der Waals surface area contributed by atoms with Crippen LogP contribution in [0.5, 0.6) is 0 Å². The van der Waals surface area contributed by atoms with Crippen LogP contribution in [0.3, 0.4) is 0 Å². The number of oxazole rings is 1. The fourth-order valence-electron chi connectivity index (χ4n) is 7.14. The van der Waals surface area contributed by atoms with E-state index in [2.05, 4.69) is 54.6 Å². The van der Waals surface area contributed by atoms with Crippen molar-refractivity contribution in [2.45, 2.75) is 0 Å². The number of hydrogen-bond acceptors (Lipinski definition) is 7. The Bertz CT molecular complexity index is 3160. The molecule has 0 unspecified atom stereocenters. The molecule has 0 spiro atoms. The standard InChI is InChI=1S/C44H24N4O2S/c1-2-9-26(10-3-1)41-46-42(48-43(47-41)28-17-20-31-30-13-4-6-15-34(30)49-35(31)24-28)27-11-8-12-29(23-27)44-45-33-21-18-25-19-22-37-39(38(25)40(33)50-44)32-14-5-7-16-36(32)51-37/h1-24H. The first-order chi connectivity index (χ1) is 25.2. The van der Waals surface area contributed by atoms with Gasteiger partial charge in [0, 0.05) is 58.6 Å². The molecule has 0 aliphatic carbocycles. The summed E-state index contributed by atoms with van der Waals surface area (Å²) in [5.74, 6) is 2.25. The first-order valence-electron chi connectivity index (χ1n) is 16.7. The molecule has 0 aliphatic heterocycles. The van der Waals surface area contributed by atoms with Gasteiger partial charge in [0.1, 0.15) is 16.7 Å². The summed E-state index contributed by atoms with van der Waals surface area (Å²) in [7, 11) is 0. The van der Waals surface area contributed by atoms with E-state index in [4.69, 9.17) is 28.8 Å². The number of hydrogen-bond donors (Lipinski definition) is 0. The topological polar surface area (TPSA) is 77.8 Å². The minimum Gasteiger partial charge on any atom is -0.456 e. The largest absolute Gasteiger partial charge is 0.456 e. The smallest absolute Gasteiger partial charge is 0.227 e. The number of aromatic nitrogens is 4. The molecule has 4 heterocycles. The highest BCUT2D eigenvalue weighted by Gasteiger charge is 2.18. The fraction of sp³-hybridized carbons (Fsp3) is 0. The highest BCUT2D eigenvalue weighted by molar-refractivity contribution is 7.26. The molecule has 0 amide bonds.